The molecule has 0 aliphatic rings. The predicted molar refractivity (Wildman–Crippen MR) is 78.9 cm³/mol. The lowest BCUT2D eigenvalue weighted by Gasteiger charge is -2.19. The summed E-state index contributed by atoms with van der Waals surface area (Å²) in [6, 6.07) is 9.68. The molecule has 0 aliphatic carbocycles. The molecule has 0 unspecified atom stereocenters. The molecular weight excluding hydrogens is 252 g/mol. The molecule has 0 aliphatic heterocycles. The van der Waals surface area contributed by atoms with Crippen molar-refractivity contribution in [3.05, 3.63) is 53.3 Å². The molecule has 0 spiro atoms. The van der Waals surface area contributed by atoms with Gasteiger partial charge in [0.15, 0.2) is 0 Å². The van der Waals surface area contributed by atoms with Crippen molar-refractivity contribution in [2.24, 2.45) is 7.05 Å². The molecule has 20 heavy (non-hydrogen) atoms. The molecule has 0 atom stereocenters. The normalized spacial score (nSPS) is 10.4. The van der Waals surface area contributed by atoms with Crippen molar-refractivity contribution >= 4 is 5.91 Å². The van der Waals surface area contributed by atoms with Gasteiger partial charge in [0, 0.05) is 32.4 Å². The van der Waals surface area contributed by atoms with Crippen LogP contribution in [0.2, 0.25) is 0 Å². The Hall–Kier alpha value is -2.23. The molecule has 1 heterocycles. The Morgan fingerprint density at radius 2 is 2.10 bits per heavy atom. The summed E-state index contributed by atoms with van der Waals surface area (Å²) < 4.78 is 7.18. The molecule has 0 saturated heterocycles. The minimum atomic E-state index is 0.000981. The number of rotatable bonds is 4. The summed E-state index contributed by atoms with van der Waals surface area (Å²) in [5.41, 5.74) is 2.84. The van der Waals surface area contributed by atoms with Gasteiger partial charge in [-0.05, 0) is 25.1 Å². The Balaban J connectivity index is 2.20. The van der Waals surface area contributed by atoms with Crippen molar-refractivity contribution in [3.63, 3.8) is 0 Å². The fourth-order valence-electron chi connectivity index (χ4n) is 2.24. The van der Waals surface area contributed by atoms with Crippen molar-refractivity contribution in [2.75, 3.05) is 14.2 Å². The van der Waals surface area contributed by atoms with Gasteiger partial charge in [0.25, 0.3) is 5.91 Å². The first-order valence-corrected chi connectivity index (χ1v) is 6.53. The monoisotopic (exact) mass is 272 g/mol. The van der Waals surface area contributed by atoms with E-state index in [-0.39, 0.29) is 5.91 Å². The van der Waals surface area contributed by atoms with Crippen LogP contribution < -0.4 is 4.74 Å². The highest BCUT2D eigenvalue weighted by Gasteiger charge is 2.16. The summed E-state index contributed by atoms with van der Waals surface area (Å²) in [6.45, 7) is 2.55. The Morgan fingerprint density at radius 1 is 1.35 bits per heavy atom. The zero-order valence-electron chi connectivity index (χ0n) is 12.4. The number of aryl methyl sites for hydroxylation is 2. The van der Waals surface area contributed by atoms with E-state index in [2.05, 4.69) is 0 Å². The first-order valence-electron chi connectivity index (χ1n) is 6.53. The highest BCUT2D eigenvalue weighted by Crippen LogP contribution is 2.21. The van der Waals surface area contributed by atoms with Crippen LogP contribution in [0.5, 0.6) is 5.75 Å². The number of aromatic nitrogens is 1. The molecule has 4 heteroatoms. The Bertz CT molecular complexity index is 617. The van der Waals surface area contributed by atoms with Gasteiger partial charge in [-0.15, -0.1) is 0 Å². The molecule has 0 fully saturated rings. The quantitative estimate of drug-likeness (QED) is 0.857. The SMILES string of the molecule is COc1ccc(C)cc1CN(C)C(=O)c1cccn1C. The van der Waals surface area contributed by atoms with Crippen molar-refractivity contribution < 1.29 is 9.53 Å². The maximum absolute atomic E-state index is 12.4. The minimum absolute atomic E-state index is 0.000981. The molecule has 1 aromatic carbocycles. The Labute approximate surface area is 119 Å². The summed E-state index contributed by atoms with van der Waals surface area (Å²) >= 11 is 0. The van der Waals surface area contributed by atoms with Crippen LogP contribution in [0.15, 0.2) is 36.5 Å². The molecule has 0 N–H and O–H groups in total. The van der Waals surface area contributed by atoms with Gasteiger partial charge in [-0.25, -0.2) is 0 Å². The molecule has 1 aromatic heterocycles. The number of hydrogen-bond donors (Lipinski definition) is 0. The summed E-state index contributed by atoms with van der Waals surface area (Å²) in [5.74, 6) is 0.809. The van der Waals surface area contributed by atoms with Crippen LogP contribution in [0, 0.1) is 6.92 Å². The van der Waals surface area contributed by atoms with E-state index >= 15 is 0 Å². The number of ether oxygens (including phenoxy) is 1. The van der Waals surface area contributed by atoms with Gasteiger partial charge in [0.1, 0.15) is 11.4 Å². The van der Waals surface area contributed by atoms with Crippen molar-refractivity contribution in [1.29, 1.82) is 0 Å². The second-order valence-corrected chi connectivity index (χ2v) is 4.98. The minimum Gasteiger partial charge on any atom is -0.496 e. The molecular formula is C16H20N2O2. The van der Waals surface area contributed by atoms with Crippen LogP contribution in [0.3, 0.4) is 0 Å². The van der Waals surface area contributed by atoms with Crippen molar-refractivity contribution in [2.45, 2.75) is 13.5 Å². The summed E-state index contributed by atoms with van der Waals surface area (Å²) in [4.78, 5) is 14.1. The van der Waals surface area contributed by atoms with E-state index in [9.17, 15) is 4.79 Å². The summed E-state index contributed by atoms with van der Waals surface area (Å²) in [7, 11) is 5.32. The third kappa shape index (κ3) is 2.85. The Morgan fingerprint density at radius 3 is 2.70 bits per heavy atom. The van der Waals surface area contributed by atoms with Crippen molar-refractivity contribution in [3.8, 4) is 5.75 Å². The molecule has 2 rings (SSSR count). The molecule has 0 bridgehead atoms. The lowest BCUT2D eigenvalue weighted by Crippen LogP contribution is -2.28. The number of methoxy groups -OCH3 is 1. The van der Waals surface area contributed by atoms with Gasteiger partial charge in [-0.3, -0.25) is 4.79 Å². The smallest absolute Gasteiger partial charge is 0.270 e. The van der Waals surface area contributed by atoms with Crippen molar-refractivity contribution in [1.82, 2.24) is 9.47 Å². The van der Waals surface area contributed by atoms with Crippen LogP contribution in [-0.2, 0) is 13.6 Å². The zero-order valence-corrected chi connectivity index (χ0v) is 12.4. The number of carbonyl (C=O) groups excluding carboxylic acids is 1. The summed E-state index contributed by atoms with van der Waals surface area (Å²) in [6.07, 6.45) is 1.87. The van der Waals surface area contributed by atoms with Crippen LogP contribution >= 0.6 is 0 Å². The van der Waals surface area contributed by atoms with Gasteiger partial charge in [0.2, 0.25) is 0 Å². The lowest BCUT2D eigenvalue weighted by atomic mass is 10.1. The van der Waals surface area contributed by atoms with Gasteiger partial charge in [0.05, 0.1) is 7.11 Å². The van der Waals surface area contributed by atoms with Crippen LogP contribution in [-0.4, -0.2) is 29.5 Å². The lowest BCUT2D eigenvalue weighted by molar-refractivity contribution is 0.0774. The maximum Gasteiger partial charge on any atom is 0.270 e. The van der Waals surface area contributed by atoms with Crippen LogP contribution in [0.1, 0.15) is 21.6 Å². The van der Waals surface area contributed by atoms with Gasteiger partial charge in [-0.1, -0.05) is 17.7 Å². The molecule has 2 aromatic rings. The van der Waals surface area contributed by atoms with E-state index in [1.54, 1.807) is 19.1 Å². The van der Waals surface area contributed by atoms with E-state index in [4.69, 9.17) is 4.74 Å². The number of amides is 1. The van der Waals surface area contributed by atoms with Gasteiger partial charge < -0.3 is 14.2 Å². The van der Waals surface area contributed by atoms with Crippen LogP contribution in [0.4, 0.5) is 0 Å². The third-order valence-corrected chi connectivity index (χ3v) is 3.35. The van der Waals surface area contributed by atoms with E-state index in [1.807, 2.05) is 55.1 Å². The van der Waals surface area contributed by atoms with E-state index in [0.29, 0.717) is 12.2 Å². The zero-order chi connectivity index (χ0) is 14.7. The maximum atomic E-state index is 12.4. The third-order valence-electron chi connectivity index (χ3n) is 3.35. The Kier molecular flexibility index (Phi) is 4.13. The van der Waals surface area contributed by atoms with E-state index < -0.39 is 0 Å². The second kappa shape index (κ2) is 5.82. The van der Waals surface area contributed by atoms with Crippen LogP contribution in [0.25, 0.3) is 0 Å². The van der Waals surface area contributed by atoms with E-state index in [1.165, 1.54) is 0 Å². The average Bonchev–Trinajstić information content (AvgIpc) is 2.84. The molecule has 0 radical (unpaired) electrons. The summed E-state index contributed by atoms with van der Waals surface area (Å²) in [5, 5.41) is 0. The molecule has 106 valence electrons. The fraction of sp³-hybridized carbons (Fsp3) is 0.312. The number of hydrogen-bond acceptors (Lipinski definition) is 2. The fourth-order valence-corrected chi connectivity index (χ4v) is 2.24. The second-order valence-electron chi connectivity index (χ2n) is 4.98. The highest BCUT2D eigenvalue weighted by molar-refractivity contribution is 5.92. The predicted octanol–water partition coefficient (Wildman–Crippen LogP) is 2.61. The molecule has 4 nitrogen and oxygen atoms in total. The number of nitrogens with zero attached hydrogens (tertiary/aromatic N) is 2. The van der Waals surface area contributed by atoms with Gasteiger partial charge >= 0.3 is 0 Å². The van der Waals surface area contributed by atoms with Gasteiger partial charge in [-0.2, -0.15) is 0 Å². The molecule has 0 saturated carbocycles. The van der Waals surface area contributed by atoms with E-state index in [0.717, 1.165) is 16.9 Å². The number of benzene rings is 1. The first kappa shape index (κ1) is 14.2. The average molecular weight is 272 g/mol. The molecule has 1 amide bonds. The standard InChI is InChI=1S/C16H20N2O2/c1-12-7-8-15(20-4)13(10-12)11-18(3)16(19)14-6-5-9-17(14)2/h5-10H,11H2,1-4H3. The topological polar surface area (TPSA) is 34.5 Å². The number of carbonyl (C=O) groups is 1. The first-order chi connectivity index (χ1) is 9.52. The highest BCUT2D eigenvalue weighted by atomic mass is 16.5. The largest absolute Gasteiger partial charge is 0.496 e.